The van der Waals surface area contributed by atoms with Crippen molar-refractivity contribution in [1.82, 2.24) is 4.98 Å². The number of ether oxygens (including phenoxy) is 1. The third-order valence-electron chi connectivity index (χ3n) is 3.22. The largest absolute Gasteiger partial charge is 0.439 e. The molecule has 0 bridgehead atoms. The lowest BCUT2D eigenvalue weighted by molar-refractivity contribution is 0.438. The molecule has 0 atom stereocenters. The molecule has 0 aliphatic carbocycles. The number of benzene rings is 1. The zero-order chi connectivity index (χ0) is 15.6. The van der Waals surface area contributed by atoms with Crippen LogP contribution in [-0.2, 0) is 5.41 Å². The van der Waals surface area contributed by atoms with Crippen LogP contribution in [0.1, 0.15) is 43.2 Å². The Kier molecular flexibility index (Phi) is 3.99. The summed E-state index contributed by atoms with van der Waals surface area (Å²) in [4.78, 5) is 4.35. The van der Waals surface area contributed by atoms with Crippen LogP contribution in [0.5, 0.6) is 11.6 Å². The molecule has 3 nitrogen and oxygen atoms in total. The summed E-state index contributed by atoms with van der Waals surface area (Å²) < 4.78 is 5.95. The highest BCUT2D eigenvalue weighted by Crippen LogP contribution is 2.34. The Morgan fingerprint density at radius 1 is 1.10 bits per heavy atom. The average molecular weight is 280 g/mol. The molecule has 2 rings (SSSR count). The predicted molar refractivity (Wildman–Crippen MR) is 83.6 cm³/mol. The number of rotatable bonds is 2. The quantitative estimate of drug-likeness (QED) is 0.803. The van der Waals surface area contributed by atoms with Gasteiger partial charge in [0.15, 0.2) is 0 Å². The van der Waals surface area contributed by atoms with E-state index in [0.29, 0.717) is 11.4 Å². The van der Waals surface area contributed by atoms with Crippen LogP contribution < -0.4 is 4.74 Å². The third kappa shape index (κ3) is 3.61. The minimum absolute atomic E-state index is 0.0246. The molecule has 108 valence electrons. The highest BCUT2D eigenvalue weighted by molar-refractivity contribution is 5.44. The van der Waals surface area contributed by atoms with Crippen molar-refractivity contribution in [3.8, 4) is 17.7 Å². The highest BCUT2D eigenvalue weighted by atomic mass is 16.5. The van der Waals surface area contributed by atoms with E-state index in [9.17, 15) is 0 Å². The fourth-order valence-corrected chi connectivity index (χ4v) is 2.19. The van der Waals surface area contributed by atoms with Crippen molar-refractivity contribution in [2.45, 2.75) is 40.0 Å². The SMILES string of the molecule is Cc1ccc(Oc2cc(C#N)cc(C)n2)c(C(C)(C)C)c1. The van der Waals surface area contributed by atoms with Crippen LogP contribution in [0.15, 0.2) is 30.3 Å². The Balaban J connectivity index is 2.45. The summed E-state index contributed by atoms with van der Waals surface area (Å²) in [5.74, 6) is 1.25. The van der Waals surface area contributed by atoms with Crippen molar-refractivity contribution in [2.75, 3.05) is 0 Å². The molecule has 0 amide bonds. The molecule has 3 heteroatoms. The van der Waals surface area contributed by atoms with E-state index in [2.05, 4.69) is 44.8 Å². The topological polar surface area (TPSA) is 45.9 Å². The first-order valence-electron chi connectivity index (χ1n) is 6.97. The maximum Gasteiger partial charge on any atom is 0.220 e. The van der Waals surface area contributed by atoms with E-state index in [0.717, 1.165) is 17.0 Å². The zero-order valence-electron chi connectivity index (χ0n) is 13.2. The predicted octanol–water partition coefficient (Wildman–Crippen LogP) is 4.66. The number of hydrogen-bond donors (Lipinski definition) is 0. The van der Waals surface area contributed by atoms with Gasteiger partial charge in [0, 0.05) is 17.3 Å². The van der Waals surface area contributed by atoms with Gasteiger partial charge in [-0.1, -0.05) is 38.5 Å². The Morgan fingerprint density at radius 3 is 2.43 bits per heavy atom. The summed E-state index contributed by atoms with van der Waals surface area (Å²) in [7, 11) is 0. The van der Waals surface area contributed by atoms with Gasteiger partial charge in [-0.2, -0.15) is 5.26 Å². The Morgan fingerprint density at radius 2 is 1.81 bits per heavy atom. The second-order valence-corrected chi connectivity index (χ2v) is 6.30. The van der Waals surface area contributed by atoms with Crippen LogP contribution >= 0.6 is 0 Å². The van der Waals surface area contributed by atoms with Crippen molar-refractivity contribution >= 4 is 0 Å². The van der Waals surface area contributed by atoms with Crippen LogP contribution in [-0.4, -0.2) is 4.98 Å². The molecular weight excluding hydrogens is 260 g/mol. The lowest BCUT2D eigenvalue weighted by Gasteiger charge is -2.23. The Labute approximate surface area is 126 Å². The van der Waals surface area contributed by atoms with Gasteiger partial charge in [-0.3, -0.25) is 0 Å². The molecule has 0 saturated heterocycles. The Bertz CT molecular complexity index is 706. The van der Waals surface area contributed by atoms with Crippen molar-refractivity contribution in [2.24, 2.45) is 0 Å². The first-order valence-corrected chi connectivity index (χ1v) is 6.97. The van der Waals surface area contributed by atoms with Crippen LogP contribution in [0, 0.1) is 25.2 Å². The minimum atomic E-state index is -0.0246. The second-order valence-electron chi connectivity index (χ2n) is 6.30. The van der Waals surface area contributed by atoms with Gasteiger partial charge >= 0.3 is 0 Å². The zero-order valence-corrected chi connectivity index (χ0v) is 13.2. The molecule has 0 aliphatic heterocycles. The fourth-order valence-electron chi connectivity index (χ4n) is 2.19. The highest BCUT2D eigenvalue weighted by Gasteiger charge is 2.20. The molecule has 2 aromatic rings. The summed E-state index contributed by atoms with van der Waals surface area (Å²) in [6.07, 6.45) is 0. The van der Waals surface area contributed by atoms with Gasteiger partial charge in [-0.05, 0) is 31.4 Å². The van der Waals surface area contributed by atoms with E-state index in [4.69, 9.17) is 10.00 Å². The molecule has 0 unspecified atom stereocenters. The van der Waals surface area contributed by atoms with E-state index >= 15 is 0 Å². The van der Waals surface area contributed by atoms with Crippen molar-refractivity contribution in [3.05, 3.63) is 52.7 Å². The van der Waals surface area contributed by atoms with E-state index < -0.39 is 0 Å². The normalized spacial score (nSPS) is 11.0. The number of pyridine rings is 1. The third-order valence-corrected chi connectivity index (χ3v) is 3.22. The number of aromatic nitrogens is 1. The Hall–Kier alpha value is -2.34. The van der Waals surface area contributed by atoms with Gasteiger partial charge < -0.3 is 4.74 Å². The first-order chi connectivity index (χ1) is 9.79. The van der Waals surface area contributed by atoms with Gasteiger partial charge in [0.1, 0.15) is 5.75 Å². The van der Waals surface area contributed by atoms with Crippen molar-refractivity contribution < 1.29 is 4.74 Å². The summed E-state index contributed by atoms with van der Waals surface area (Å²) in [6.45, 7) is 10.4. The summed E-state index contributed by atoms with van der Waals surface area (Å²) >= 11 is 0. The lowest BCUT2D eigenvalue weighted by atomic mass is 9.85. The molecule has 1 aromatic carbocycles. The van der Waals surface area contributed by atoms with Gasteiger partial charge in [-0.15, -0.1) is 0 Å². The molecular formula is C18H20N2O. The lowest BCUT2D eigenvalue weighted by Crippen LogP contribution is -2.13. The number of nitrogens with zero attached hydrogens (tertiary/aromatic N) is 2. The molecule has 0 spiro atoms. The first kappa shape index (κ1) is 15.1. The van der Waals surface area contributed by atoms with Crippen LogP contribution in [0.2, 0.25) is 0 Å². The summed E-state index contributed by atoms with van der Waals surface area (Å²) in [5.41, 5.74) is 3.63. The number of aryl methyl sites for hydroxylation is 2. The average Bonchev–Trinajstić information content (AvgIpc) is 2.39. The monoisotopic (exact) mass is 280 g/mol. The molecule has 1 aromatic heterocycles. The van der Waals surface area contributed by atoms with Crippen LogP contribution in [0.3, 0.4) is 0 Å². The molecule has 0 saturated carbocycles. The van der Waals surface area contributed by atoms with Gasteiger partial charge in [-0.25, -0.2) is 4.98 Å². The second kappa shape index (κ2) is 5.57. The molecule has 21 heavy (non-hydrogen) atoms. The van der Waals surface area contributed by atoms with Gasteiger partial charge in [0.05, 0.1) is 11.6 Å². The number of hydrogen-bond acceptors (Lipinski definition) is 3. The molecule has 0 fully saturated rings. The van der Waals surface area contributed by atoms with Crippen molar-refractivity contribution in [3.63, 3.8) is 0 Å². The van der Waals surface area contributed by atoms with E-state index in [-0.39, 0.29) is 5.41 Å². The van der Waals surface area contributed by atoms with Gasteiger partial charge in [0.25, 0.3) is 0 Å². The number of nitriles is 1. The van der Waals surface area contributed by atoms with E-state index in [1.807, 2.05) is 19.1 Å². The van der Waals surface area contributed by atoms with E-state index in [1.165, 1.54) is 5.56 Å². The van der Waals surface area contributed by atoms with Crippen molar-refractivity contribution in [1.29, 1.82) is 5.26 Å². The minimum Gasteiger partial charge on any atom is -0.439 e. The molecule has 0 N–H and O–H groups in total. The maximum atomic E-state index is 9.04. The van der Waals surface area contributed by atoms with Crippen LogP contribution in [0.4, 0.5) is 0 Å². The summed E-state index contributed by atoms with van der Waals surface area (Å²) in [6, 6.07) is 11.7. The maximum absolute atomic E-state index is 9.04. The molecule has 0 aliphatic rings. The standard InChI is InChI=1S/C18H20N2O/c1-12-6-7-16(15(8-12)18(3,4)5)21-17-10-14(11-19)9-13(2)20-17/h6-10H,1-5H3. The van der Waals surface area contributed by atoms with Crippen LogP contribution in [0.25, 0.3) is 0 Å². The molecule has 1 heterocycles. The van der Waals surface area contributed by atoms with E-state index in [1.54, 1.807) is 12.1 Å². The smallest absolute Gasteiger partial charge is 0.220 e. The molecule has 0 radical (unpaired) electrons. The fraction of sp³-hybridized carbons (Fsp3) is 0.333. The summed E-state index contributed by atoms with van der Waals surface area (Å²) in [5, 5.41) is 9.04. The van der Waals surface area contributed by atoms with Gasteiger partial charge in [0.2, 0.25) is 5.88 Å².